The van der Waals surface area contributed by atoms with Crippen molar-refractivity contribution >= 4 is 17.2 Å². The summed E-state index contributed by atoms with van der Waals surface area (Å²) in [5, 5.41) is 5.10. The summed E-state index contributed by atoms with van der Waals surface area (Å²) in [4.78, 5) is 26.7. The third kappa shape index (κ3) is 3.17. The number of rotatable bonds is 3. The number of aryl methyl sites for hydroxylation is 2. The lowest BCUT2D eigenvalue weighted by Gasteiger charge is -2.25. The summed E-state index contributed by atoms with van der Waals surface area (Å²) in [6.45, 7) is 1.96. The third-order valence-electron chi connectivity index (χ3n) is 4.48. The lowest BCUT2D eigenvalue weighted by molar-refractivity contribution is 0.0936. The van der Waals surface area contributed by atoms with E-state index in [0.29, 0.717) is 5.82 Å². The highest BCUT2D eigenvalue weighted by atomic mass is 32.1. The molecule has 0 saturated carbocycles. The van der Waals surface area contributed by atoms with Crippen molar-refractivity contribution in [1.29, 1.82) is 0 Å². The van der Waals surface area contributed by atoms with Crippen molar-refractivity contribution in [2.75, 3.05) is 0 Å². The standard InChI is InChI=1S/C19H18N4OS/c1-12-7-9-25-17(12)19(24)23-16-6-2-5-15-14(16)11-21-18(22-15)13-4-3-8-20-10-13/h3-4,7-11,16H,2,5-6H2,1H3,(H,23,24)/t16-/m0/s1. The molecule has 0 spiro atoms. The topological polar surface area (TPSA) is 67.8 Å². The molecule has 4 rings (SSSR count). The van der Waals surface area contributed by atoms with Crippen LogP contribution in [0.25, 0.3) is 11.4 Å². The van der Waals surface area contributed by atoms with Gasteiger partial charge < -0.3 is 5.32 Å². The summed E-state index contributed by atoms with van der Waals surface area (Å²) in [7, 11) is 0. The van der Waals surface area contributed by atoms with E-state index in [1.54, 1.807) is 12.4 Å². The molecule has 3 heterocycles. The second-order valence-electron chi connectivity index (χ2n) is 6.19. The monoisotopic (exact) mass is 350 g/mol. The van der Waals surface area contributed by atoms with E-state index in [0.717, 1.165) is 46.5 Å². The number of nitrogens with one attached hydrogen (secondary N) is 1. The quantitative estimate of drug-likeness (QED) is 0.782. The van der Waals surface area contributed by atoms with Gasteiger partial charge in [0.15, 0.2) is 5.82 Å². The maximum Gasteiger partial charge on any atom is 0.262 e. The van der Waals surface area contributed by atoms with Gasteiger partial charge in [0, 0.05) is 35.4 Å². The van der Waals surface area contributed by atoms with Gasteiger partial charge in [-0.2, -0.15) is 0 Å². The number of nitrogens with zero attached hydrogens (tertiary/aromatic N) is 3. The van der Waals surface area contributed by atoms with Gasteiger partial charge >= 0.3 is 0 Å². The fourth-order valence-electron chi connectivity index (χ4n) is 3.16. The van der Waals surface area contributed by atoms with E-state index >= 15 is 0 Å². The highest BCUT2D eigenvalue weighted by molar-refractivity contribution is 7.12. The fraction of sp³-hybridized carbons (Fsp3) is 0.263. The number of fused-ring (bicyclic) bond motifs is 1. The van der Waals surface area contributed by atoms with Crippen molar-refractivity contribution in [1.82, 2.24) is 20.3 Å². The van der Waals surface area contributed by atoms with Crippen LogP contribution in [0, 0.1) is 6.92 Å². The van der Waals surface area contributed by atoms with Crippen LogP contribution in [-0.4, -0.2) is 20.9 Å². The molecule has 0 aliphatic heterocycles. The minimum atomic E-state index is -0.0271. The number of amides is 1. The Kier molecular flexibility index (Phi) is 4.28. The molecule has 25 heavy (non-hydrogen) atoms. The molecule has 0 unspecified atom stereocenters. The first kappa shape index (κ1) is 15.9. The van der Waals surface area contributed by atoms with Gasteiger partial charge in [-0.25, -0.2) is 9.97 Å². The summed E-state index contributed by atoms with van der Waals surface area (Å²) in [5.41, 5.74) is 3.97. The average Bonchev–Trinajstić information content (AvgIpc) is 3.08. The molecule has 0 bridgehead atoms. The number of pyridine rings is 1. The van der Waals surface area contributed by atoms with Crippen molar-refractivity contribution < 1.29 is 4.79 Å². The van der Waals surface area contributed by atoms with E-state index in [1.165, 1.54) is 11.3 Å². The molecule has 0 aromatic carbocycles. The van der Waals surface area contributed by atoms with E-state index in [1.807, 2.05) is 36.7 Å². The summed E-state index contributed by atoms with van der Waals surface area (Å²) in [5.74, 6) is 0.676. The lowest BCUT2D eigenvalue weighted by atomic mass is 9.92. The molecule has 1 aliphatic rings. The lowest BCUT2D eigenvalue weighted by Crippen LogP contribution is -2.31. The van der Waals surface area contributed by atoms with Crippen LogP contribution in [0.1, 0.15) is 45.4 Å². The zero-order valence-electron chi connectivity index (χ0n) is 13.9. The van der Waals surface area contributed by atoms with Gasteiger partial charge in [-0.05, 0) is 55.3 Å². The molecule has 1 atom stereocenters. The maximum atomic E-state index is 12.5. The zero-order chi connectivity index (χ0) is 17.2. The Balaban J connectivity index is 1.60. The van der Waals surface area contributed by atoms with Crippen LogP contribution in [0.4, 0.5) is 0 Å². The number of aromatic nitrogens is 3. The van der Waals surface area contributed by atoms with Crippen LogP contribution in [-0.2, 0) is 6.42 Å². The van der Waals surface area contributed by atoms with Gasteiger partial charge in [-0.3, -0.25) is 9.78 Å². The second kappa shape index (κ2) is 6.72. The van der Waals surface area contributed by atoms with E-state index in [9.17, 15) is 4.79 Å². The number of carbonyl (C=O) groups excluding carboxylic acids is 1. The number of hydrogen-bond acceptors (Lipinski definition) is 5. The summed E-state index contributed by atoms with van der Waals surface area (Å²) < 4.78 is 0. The Morgan fingerprint density at radius 3 is 3.00 bits per heavy atom. The normalized spacial score (nSPS) is 16.3. The summed E-state index contributed by atoms with van der Waals surface area (Å²) >= 11 is 1.48. The summed E-state index contributed by atoms with van der Waals surface area (Å²) in [6, 6.07) is 5.78. The molecule has 3 aromatic rings. The predicted octanol–water partition coefficient (Wildman–Crippen LogP) is 3.72. The first-order valence-electron chi connectivity index (χ1n) is 8.33. The average molecular weight is 350 g/mol. The Hall–Kier alpha value is -2.60. The van der Waals surface area contributed by atoms with Crippen molar-refractivity contribution in [3.05, 3.63) is 63.9 Å². The molecular formula is C19H18N4OS. The van der Waals surface area contributed by atoms with Crippen LogP contribution < -0.4 is 5.32 Å². The van der Waals surface area contributed by atoms with E-state index in [-0.39, 0.29) is 11.9 Å². The van der Waals surface area contributed by atoms with Gasteiger partial charge in [0.1, 0.15) is 0 Å². The van der Waals surface area contributed by atoms with Crippen LogP contribution >= 0.6 is 11.3 Å². The van der Waals surface area contributed by atoms with Crippen LogP contribution in [0.2, 0.25) is 0 Å². The van der Waals surface area contributed by atoms with Gasteiger partial charge in [-0.1, -0.05) is 0 Å². The van der Waals surface area contributed by atoms with Crippen LogP contribution in [0.15, 0.2) is 42.2 Å². The van der Waals surface area contributed by atoms with E-state index in [2.05, 4.69) is 15.3 Å². The second-order valence-corrected chi connectivity index (χ2v) is 7.10. The highest BCUT2D eigenvalue weighted by Gasteiger charge is 2.25. The molecule has 126 valence electrons. The van der Waals surface area contributed by atoms with Gasteiger partial charge in [-0.15, -0.1) is 11.3 Å². The Morgan fingerprint density at radius 1 is 1.32 bits per heavy atom. The smallest absolute Gasteiger partial charge is 0.262 e. The van der Waals surface area contributed by atoms with Crippen LogP contribution in [0.3, 0.4) is 0 Å². The van der Waals surface area contributed by atoms with E-state index in [4.69, 9.17) is 4.98 Å². The number of carbonyl (C=O) groups is 1. The van der Waals surface area contributed by atoms with E-state index < -0.39 is 0 Å². The molecule has 1 amide bonds. The Bertz CT molecular complexity index is 907. The first-order valence-corrected chi connectivity index (χ1v) is 9.21. The molecule has 6 heteroatoms. The summed E-state index contributed by atoms with van der Waals surface area (Å²) in [6.07, 6.45) is 8.19. The van der Waals surface area contributed by atoms with Crippen LogP contribution in [0.5, 0.6) is 0 Å². The molecule has 5 nitrogen and oxygen atoms in total. The predicted molar refractivity (Wildman–Crippen MR) is 97.5 cm³/mol. The molecule has 0 fully saturated rings. The number of thiophene rings is 1. The molecule has 0 radical (unpaired) electrons. The van der Waals surface area contributed by atoms with Crippen molar-refractivity contribution in [3.8, 4) is 11.4 Å². The van der Waals surface area contributed by atoms with Crippen molar-refractivity contribution in [3.63, 3.8) is 0 Å². The Morgan fingerprint density at radius 2 is 2.24 bits per heavy atom. The zero-order valence-corrected chi connectivity index (χ0v) is 14.7. The van der Waals surface area contributed by atoms with Crippen molar-refractivity contribution in [2.45, 2.75) is 32.2 Å². The SMILES string of the molecule is Cc1ccsc1C(=O)N[C@H]1CCCc2nc(-c3cccnc3)ncc21. The number of hydrogen-bond donors (Lipinski definition) is 1. The molecule has 3 aromatic heterocycles. The largest absolute Gasteiger partial charge is 0.344 e. The first-order chi connectivity index (χ1) is 12.2. The minimum Gasteiger partial charge on any atom is -0.344 e. The third-order valence-corrected chi connectivity index (χ3v) is 5.49. The molecular weight excluding hydrogens is 332 g/mol. The molecule has 1 N–H and O–H groups in total. The fourth-order valence-corrected chi connectivity index (χ4v) is 3.99. The van der Waals surface area contributed by atoms with Gasteiger partial charge in [0.2, 0.25) is 0 Å². The maximum absolute atomic E-state index is 12.5. The van der Waals surface area contributed by atoms with Gasteiger partial charge in [0.25, 0.3) is 5.91 Å². The minimum absolute atomic E-state index is 0.0123. The molecule has 0 saturated heterocycles. The highest BCUT2D eigenvalue weighted by Crippen LogP contribution is 2.30. The molecule has 1 aliphatic carbocycles. The van der Waals surface area contributed by atoms with Crippen molar-refractivity contribution in [2.24, 2.45) is 0 Å². The van der Waals surface area contributed by atoms with Gasteiger partial charge in [0.05, 0.1) is 10.9 Å². The Labute approximate surface area is 150 Å².